The minimum Gasteiger partial charge on any atom is -0.358 e. The Hall–Kier alpha value is -0.320. The molecule has 0 aromatic carbocycles. The highest BCUT2D eigenvalue weighted by Crippen LogP contribution is 2.21. The van der Waals surface area contributed by atoms with Gasteiger partial charge < -0.3 is 10.6 Å². The molecule has 2 heterocycles. The Kier molecular flexibility index (Phi) is 6.23. The molecule has 2 aliphatic rings. The quantitative estimate of drug-likeness (QED) is 0.783. The summed E-state index contributed by atoms with van der Waals surface area (Å²) in [5.74, 6) is 0.931. The van der Waals surface area contributed by atoms with Crippen molar-refractivity contribution in [2.75, 3.05) is 33.2 Å². The largest absolute Gasteiger partial charge is 0.358 e. The number of nitrogens with zero attached hydrogens (tertiary/aromatic N) is 1. The zero-order valence-corrected chi connectivity index (χ0v) is 11.4. The van der Waals surface area contributed by atoms with Gasteiger partial charge in [0.05, 0.1) is 6.04 Å². The number of halogens is 1. The van der Waals surface area contributed by atoms with E-state index in [0.717, 1.165) is 44.9 Å². The Morgan fingerprint density at radius 2 is 2.24 bits per heavy atom. The molecule has 2 fully saturated rings. The van der Waals surface area contributed by atoms with Crippen LogP contribution in [-0.4, -0.2) is 50.1 Å². The van der Waals surface area contributed by atoms with Crippen LogP contribution in [-0.2, 0) is 4.79 Å². The summed E-state index contributed by atoms with van der Waals surface area (Å²) < 4.78 is 0. The van der Waals surface area contributed by atoms with Gasteiger partial charge in [-0.05, 0) is 51.2 Å². The summed E-state index contributed by atoms with van der Waals surface area (Å²) >= 11 is 0. The maximum atomic E-state index is 11.7. The van der Waals surface area contributed by atoms with E-state index in [1.165, 1.54) is 12.8 Å². The smallest absolute Gasteiger partial charge is 0.237 e. The predicted molar refractivity (Wildman–Crippen MR) is 71.5 cm³/mol. The van der Waals surface area contributed by atoms with Gasteiger partial charge in [-0.2, -0.15) is 0 Å². The molecular formula is C12H24ClN3O. The molecule has 2 atom stereocenters. The lowest BCUT2D eigenvalue weighted by Gasteiger charge is -2.30. The zero-order chi connectivity index (χ0) is 11.4. The lowest BCUT2D eigenvalue weighted by atomic mass is 9.99. The molecule has 1 amide bonds. The third-order valence-corrected chi connectivity index (χ3v) is 3.80. The van der Waals surface area contributed by atoms with Gasteiger partial charge in [0, 0.05) is 13.6 Å². The Bertz CT molecular complexity index is 244. The third-order valence-electron chi connectivity index (χ3n) is 3.80. The van der Waals surface area contributed by atoms with Crippen molar-refractivity contribution in [3.63, 3.8) is 0 Å². The van der Waals surface area contributed by atoms with Crippen LogP contribution >= 0.6 is 12.4 Å². The van der Waals surface area contributed by atoms with Crippen LogP contribution in [0.3, 0.4) is 0 Å². The highest BCUT2D eigenvalue weighted by atomic mass is 35.5. The van der Waals surface area contributed by atoms with Gasteiger partial charge in [-0.3, -0.25) is 9.69 Å². The fourth-order valence-corrected chi connectivity index (χ4v) is 2.92. The number of likely N-dealkylation sites (tertiary alicyclic amines) is 1. The first-order valence-electron chi connectivity index (χ1n) is 6.47. The molecule has 17 heavy (non-hydrogen) atoms. The monoisotopic (exact) mass is 261 g/mol. The lowest BCUT2D eigenvalue weighted by Crippen LogP contribution is -2.46. The molecule has 100 valence electrons. The SMILES string of the molecule is CNC(=O)C1CCCN1CC1CCCNC1.Cl. The third kappa shape index (κ3) is 3.83. The summed E-state index contributed by atoms with van der Waals surface area (Å²) in [4.78, 5) is 14.1. The number of hydrogen-bond acceptors (Lipinski definition) is 3. The average molecular weight is 262 g/mol. The number of nitrogens with one attached hydrogen (secondary N) is 2. The molecule has 0 aromatic heterocycles. The minimum absolute atomic E-state index is 0. The molecule has 0 radical (unpaired) electrons. The number of hydrogen-bond donors (Lipinski definition) is 2. The van der Waals surface area contributed by atoms with Crippen LogP contribution in [0.1, 0.15) is 25.7 Å². The van der Waals surface area contributed by atoms with E-state index >= 15 is 0 Å². The van der Waals surface area contributed by atoms with Crippen molar-refractivity contribution >= 4 is 18.3 Å². The normalized spacial score (nSPS) is 29.7. The van der Waals surface area contributed by atoms with Gasteiger partial charge in [0.1, 0.15) is 0 Å². The number of rotatable bonds is 3. The van der Waals surface area contributed by atoms with Crippen molar-refractivity contribution < 1.29 is 4.79 Å². The summed E-state index contributed by atoms with van der Waals surface area (Å²) in [5.41, 5.74) is 0. The molecule has 2 saturated heterocycles. The van der Waals surface area contributed by atoms with E-state index < -0.39 is 0 Å². The molecule has 4 nitrogen and oxygen atoms in total. The summed E-state index contributed by atoms with van der Waals surface area (Å²) in [6.45, 7) is 4.46. The highest BCUT2D eigenvalue weighted by Gasteiger charge is 2.31. The van der Waals surface area contributed by atoms with E-state index in [1.807, 2.05) is 0 Å². The minimum atomic E-state index is 0. The van der Waals surface area contributed by atoms with Gasteiger partial charge in [-0.1, -0.05) is 0 Å². The topological polar surface area (TPSA) is 44.4 Å². The maximum absolute atomic E-state index is 11.7. The van der Waals surface area contributed by atoms with Gasteiger partial charge in [-0.15, -0.1) is 12.4 Å². The van der Waals surface area contributed by atoms with Crippen molar-refractivity contribution in [1.82, 2.24) is 15.5 Å². The fraction of sp³-hybridized carbons (Fsp3) is 0.917. The van der Waals surface area contributed by atoms with Crippen LogP contribution in [0, 0.1) is 5.92 Å². The van der Waals surface area contributed by atoms with Gasteiger partial charge in [0.2, 0.25) is 5.91 Å². The Balaban J connectivity index is 0.00000144. The molecule has 0 aliphatic carbocycles. The second kappa shape index (κ2) is 7.19. The predicted octanol–water partition coefficient (Wildman–Crippen LogP) is 0.618. The lowest BCUT2D eigenvalue weighted by molar-refractivity contribution is -0.125. The zero-order valence-electron chi connectivity index (χ0n) is 10.6. The molecule has 0 spiro atoms. The van der Waals surface area contributed by atoms with Gasteiger partial charge in [0.15, 0.2) is 0 Å². The first kappa shape index (κ1) is 14.7. The van der Waals surface area contributed by atoms with E-state index in [9.17, 15) is 4.79 Å². The van der Waals surface area contributed by atoms with Crippen LogP contribution in [0.25, 0.3) is 0 Å². The Morgan fingerprint density at radius 1 is 1.41 bits per heavy atom. The molecule has 2 aliphatic heterocycles. The Morgan fingerprint density at radius 3 is 2.88 bits per heavy atom. The van der Waals surface area contributed by atoms with Crippen molar-refractivity contribution in [2.24, 2.45) is 5.92 Å². The second-order valence-electron chi connectivity index (χ2n) is 4.98. The summed E-state index contributed by atoms with van der Waals surface area (Å²) in [5, 5.41) is 6.22. The summed E-state index contributed by atoms with van der Waals surface area (Å²) in [6.07, 6.45) is 4.78. The van der Waals surface area contributed by atoms with E-state index in [0.29, 0.717) is 0 Å². The first-order valence-corrected chi connectivity index (χ1v) is 6.47. The Labute approximate surface area is 110 Å². The summed E-state index contributed by atoms with van der Waals surface area (Å²) in [7, 11) is 1.74. The fourth-order valence-electron chi connectivity index (χ4n) is 2.92. The van der Waals surface area contributed by atoms with E-state index in [4.69, 9.17) is 0 Å². The molecule has 0 bridgehead atoms. The molecule has 5 heteroatoms. The van der Waals surface area contributed by atoms with Crippen LogP contribution in [0.5, 0.6) is 0 Å². The van der Waals surface area contributed by atoms with Gasteiger partial charge in [-0.25, -0.2) is 0 Å². The molecule has 0 saturated carbocycles. The number of likely N-dealkylation sites (N-methyl/N-ethyl adjacent to an activating group) is 1. The molecule has 2 rings (SSSR count). The highest BCUT2D eigenvalue weighted by molar-refractivity contribution is 5.85. The standard InChI is InChI=1S/C12H23N3O.ClH/c1-13-12(16)11-5-3-7-15(11)9-10-4-2-6-14-8-10;/h10-11,14H,2-9H2,1H3,(H,13,16);1H. The van der Waals surface area contributed by atoms with Crippen LogP contribution in [0.4, 0.5) is 0 Å². The molecular weight excluding hydrogens is 238 g/mol. The van der Waals surface area contributed by atoms with E-state index in [2.05, 4.69) is 15.5 Å². The number of carbonyl (C=O) groups is 1. The van der Waals surface area contributed by atoms with Crippen molar-refractivity contribution in [3.8, 4) is 0 Å². The summed E-state index contributed by atoms with van der Waals surface area (Å²) in [6, 6.07) is 0.131. The maximum Gasteiger partial charge on any atom is 0.237 e. The van der Waals surface area contributed by atoms with Crippen molar-refractivity contribution in [3.05, 3.63) is 0 Å². The van der Waals surface area contributed by atoms with Gasteiger partial charge >= 0.3 is 0 Å². The molecule has 2 N–H and O–H groups in total. The molecule has 0 aromatic rings. The van der Waals surface area contributed by atoms with Crippen LogP contribution < -0.4 is 10.6 Å². The van der Waals surface area contributed by atoms with Crippen molar-refractivity contribution in [1.29, 1.82) is 0 Å². The first-order chi connectivity index (χ1) is 7.81. The number of amides is 1. The average Bonchev–Trinajstić information content (AvgIpc) is 2.77. The van der Waals surface area contributed by atoms with Crippen LogP contribution in [0.15, 0.2) is 0 Å². The second-order valence-corrected chi connectivity index (χ2v) is 4.98. The number of piperidine rings is 1. The van der Waals surface area contributed by atoms with Crippen molar-refractivity contribution in [2.45, 2.75) is 31.7 Å². The number of carbonyl (C=O) groups excluding carboxylic acids is 1. The van der Waals surface area contributed by atoms with Crippen LogP contribution in [0.2, 0.25) is 0 Å². The molecule has 2 unspecified atom stereocenters. The van der Waals surface area contributed by atoms with E-state index in [1.54, 1.807) is 7.05 Å². The van der Waals surface area contributed by atoms with Gasteiger partial charge in [0.25, 0.3) is 0 Å². The van der Waals surface area contributed by atoms with E-state index in [-0.39, 0.29) is 24.4 Å².